The third-order valence-corrected chi connectivity index (χ3v) is 3.83. The Morgan fingerprint density at radius 3 is 2.41 bits per heavy atom. The molecule has 0 saturated heterocycles. The molecule has 2 aliphatic heterocycles. The lowest BCUT2D eigenvalue weighted by atomic mass is 9.96. The second kappa shape index (κ2) is 5.11. The lowest BCUT2D eigenvalue weighted by molar-refractivity contribution is 0.339. The summed E-state index contributed by atoms with van der Waals surface area (Å²) in [6.45, 7) is 0. The van der Waals surface area contributed by atoms with E-state index in [9.17, 15) is 0 Å². The first-order chi connectivity index (χ1) is 10.8. The molecule has 1 unspecified atom stereocenters. The van der Waals surface area contributed by atoms with Crippen LogP contribution in [0.3, 0.4) is 0 Å². The van der Waals surface area contributed by atoms with Crippen molar-refractivity contribution in [3.05, 3.63) is 66.2 Å². The molecule has 22 heavy (non-hydrogen) atoms. The number of nitrogens with zero attached hydrogens (tertiary/aromatic N) is 3. The van der Waals surface area contributed by atoms with Gasteiger partial charge in [-0.15, -0.1) is 0 Å². The Morgan fingerprint density at radius 2 is 1.68 bits per heavy atom. The molecule has 4 rings (SSSR count). The zero-order valence-electron chi connectivity index (χ0n) is 11.8. The van der Waals surface area contributed by atoms with Crippen LogP contribution in [0.4, 0.5) is 5.69 Å². The topological polar surface area (TPSA) is 61.0 Å². The van der Waals surface area contributed by atoms with Crippen molar-refractivity contribution in [2.45, 2.75) is 12.5 Å². The second-order valence-electron chi connectivity index (χ2n) is 5.22. The molecule has 2 aromatic carbocycles. The average molecular weight is 290 g/mol. The molecular formula is C17H14N4O. The molecule has 2 aromatic rings. The quantitative estimate of drug-likeness (QED) is 0.922. The Labute approximate surface area is 128 Å². The van der Waals surface area contributed by atoms with Crippen LogP contribution in [0.1, 0.15) is 18.0 Å². The van der Waals surface area contributed by atoms with Crippen molar-refractivity contribution in [3.8, 4) is 0 Å². The normalized spacial score (nSPS) is 20.1. The van der Waals surface area contributed by atoms with E-state index in [-0.39, 0.29) is 11.9 Å². The van der Waals surface area contributed by atoms with Gasteiger partial charge in [0.15, 0.2) is 5.71 Å². The van der Waals surface area contributed by atoms with E-state index in [1.54, 1.807) is 0 Å². The van der Waals surface area contributed by atoms with Crippen LogP contribution in [0.5, 0.6) is 0 Å². The van der Waals surface area contributed by atoms with E-state index in [1.807, 2.05) is 53.5 Å². The van der Waals surface area contributed by atoms with Crippen LogP contribution in [-0.2, 0) is 4.84 Å². The largest absolute Gasteiger partial charge is 0.334 e. The minimum Gasteiger partial charge on any atom is -0.334 e. The summed E-state index contributed by atoms with van der Waals surface area (Å²) in [5, 5.41) is 18.4. The van der Waals surface area contributed by atoms with Gasteiger partial charge in [-0.1, -0.05) is 53.7 Å². The van der Waals surface area contributed by atoms with E-state index in [2.05, 4.69) is 22.4 Å². The van der Waals surface area contributed by atoms with Crippen LogP contribution in [0, 0.1) is 5.41 Å². The van der Waals surface area contributed by atoms with E-state index < -0.39 is 0 Å². The highest BCUT2D eigenvalue weighted by Crippen LogP contribution is 2.34. The highest BCUT2D eigenvalue weighted by molar-refractivity contribution is 6.68. The first kappa shape index (κ1) is 12.8. The lowest BCUT2D eigenvalue weighted by Crippen LogP contribution is -2.36. The molecule has 1 N–H and O–H groups in total. The number of rotatable bonds is 2. The Balaban J connectivity index is 1.82. The maximum Gasteiger partial charge on any atom is 0.271 e. The minimum absolute atomic E-state index is 0.0162. The average Bonchev–Trinajstić information content (AvgIpc) is 2.96. The van der Waals surface area contributed by atoms with Gasteiger partial charge < -0.3 is 4.84 Å². The smallest absolute Gasteiger partial charge is 0.271 e. The van der Waals surface area contributed by atoms with Gasteiger partial charge in [0.1, 0.15) is 5.71 Å². The fourth-order valence-corrected chi connectivity index (χ4v) is 2.76. The molecule has 0 aliphatic carbocycles. The Kier molecular flexibility index (Phi) is 2.96. The van der Waals surface area contributed by atoms with Crippen molar-refractivity contribution >= 4 is 23.0 Å². The van der Waals surface area contributed by atoms with E-state index >= 15 is 0 Å². The number of para-hydroxylation sites is 1. The number of anilines is 1. The number of oxime groups is 1. The van der Waals surface area contributed by atoms with Crippen LogP contribution < -0.4 is 5.01 Å². The summed E-state index contributed by atoms with van der Waals surface area (Å²) in [5.41, 5.74) is 3.42. The van der Waals surface area contributed by atoms with E-state index in [1.165, 1.54) is 0 Å². The fourth-order valence-electron chi connectivity index (χ4n) is 2.76. The molecule has 0 fully saturated rings. The summed E-state index contributed by atoms with van der Waals surface area (Å²) in [6.07, 6.45) is 0.667. The molecule has 0 saturated carbocycles. The predicted molar refractivity (Wildman–Crippen MR) is 86.4 cm³/mol. The van der Waals surface area contributed by atoms with Crippen LogP contribution in [-0.4, -0.2) is 17.3 Å². The van der Waals surface area contributed by atoms with Gasteiger partial charge in [0.05, 0.1) is 11.7 Å². The van der Waals surface area contributed by atoms with Crippen molar-refractivity contribution in [1.29, 1.82) is 5.41 Å². The van der Waals surface area contributed by atoms with Gasteiger partial charge in [-0.3, -0.25) is 10.4 Å². The minimum atomic E-state index is 0.0162. The fraction of sp³-hybridized carbons (Fsp3) is 0.118. The predicted octanol–water partition coefficient (Wildman–Crippen LogP) is 3.36. The summed E-state index contributed by atoms with van der Waals surface area (Å²) in [7, 11) is 0. The highest BCUT2D eigenvalue weighted by atomic mass is 16.6. The number of fused-ring (bicyclic) bond motifs is 1. The molecule has 5 heteroatoms. The Hall–Kier alpha value is -2.95. The molecule has 0 radical (unpaired) electrons. The number of hydrogen-bond acceptors (Lipinski definition) is 5. The standard InChI is InChI=1S/C17H14N4O/c18-17-16-14(20-22-17)11-15(12-7-3-1-4-8-12)21(19-16)13-9-5-2-6-10-13/h1-10,15,18H,11H2. The molecule has 108 valence electrons. The highest BCUT2D eigenvalue weighted by Gasteiger charge is 2.36. The molecule has 2 heterocycles. The molecule has 0 aromatic heterocycles. The van der Waals surface area contributed by atoms with Gasteiger partial charge in [0.25, 0.3) is 5.90 Å². The number of benzene rings is 2. The SMILES string of the molecule is N=C1ON=C2CC(c3ccccc3)N(c3ccccc3)N=C12. The molecule has 0 amide bonds. The van der Waals surface area contributed by atoms with Crippen LogP contribution in [0.2, 0.25) is 0 Å². The van der Waals surface area contributed by atoms with E-state index in [4.69, 9.17) is 10.2 Å². The summed E-state index contributed by atoms with van der Waals surface area (Å²) >= 11 is 0. The van der Waals surface area contributed by atoms with Crippen LogP contribution >= 0.6 is 0 Å². The molecule has 0 bridgehead atoms. The third-order valence-electron chi connectivity index (χ3n) is 3.83. The maximum absolute atomic E-state index is 7.80. The van der Waals surface area contributed by atoms with Crippen LogP contribution in [0.15, 0.2) is 70.9 Å². The van der Waals surface area contributed by atoms with Gasteiger partial charge >= 0.3 is 0 Å². The van der Waals surface area contributed by atoms with Gasteiger partial charge in [0, 0.05) is 6.42 Å². The first-order valence-electron chi connectivity index (χ1n) is 7.14. The maximum atomic E-state index is 7.80. The van der Waals surface area contributed by atoms with Crippen molar-refractivity contribution in [2.75, 3.05) is 5.01 Å². The van der Waals surface area contributed by atoms with Crippen molar-refractivity contribution < 1.29 is 4.84 Å². The molecule has 0 spiro atoms. The lowest BCUT2D eigenvalue weighted by Gasteiger charge is -2.33. The summed E-state index contributed by atoms with van der Waals surface area (Å²) < 4.78 is 0. The first-order valence-corrected chi connectivity index (χ1v) is 7.14. The number of hydrazone groups is 1. The summed E-state index contributed by atoms with van der Waals surface area (Å²) in [5.74, 6) is 0.0162. The summed E-state index contributed by atoms with van der Waals surface area (Å²) in [6, 6.07) is 20.2. The molecular weight excluding hydrogens is 276 g/mol. The number of nitrogens with one attached hydrogen (secondary N) is 1. The Bertz CT molecular complexity index is 768. The van der Waals surface area contributed by atoms with E-state index in [0.717, 1.165) is 17.0 Å². The monoisotopic (exact) mass is 290 g/mol. The summed E-state index contributed by atoms with van der Waals surface area (Å²) in [4.78, 5) is 4.98. The van der Waals surface area contributed by atoms with Crippen molar-refractivity contribution in [3.63, 3.8) is 0 Å². The number of hydrogen-bond donors (Lipinski definition) is 1. The molecule has 5 nitrogen and oxygen atoms in total. The third kappa shape index (κ3) is 2.07. The molecule has 1 atom stereocenters. The zero-order chi connectivity index (χ0) is 14.9. The van der Waals surface area contributed by atoms with Crippen molar-refractivity contribution in [2.24, 2.45) is 10.3 Å². The second-order valence-corrected chi connectivity index (χ2v) is 5.22. The van der Waals surface area contributed by atoms with E-state index in [0.29, 0.717) is 12.1 Å². The van der Waals surface area contributed by atoms with Crippen molar-refractivity contribution in [1.82, 2.24) is 0 Å². The van der Waals surface area contributed by atoms with Crippen LogP contribution in [0.25, 0.3) is 0 Å². The zero-order valence-corrected chi connectivity index (χ0v) is 11.8. The molecule has 2 aliphatic rings. The van der Waals surface area contributed by atoms with Gasteiger partial charge in [-0.2, -0.15) is 5.10 Å². The van der Waals surface area contributed by atoms with Gasteiger partial charge in [0.2, 0.25) is 0 Å². The Morgan fingerprint density at radius 1 is 1.00 bits per heavy atom. The van der Waals surface area contributed by atoms with Gasteiger partial charge in [-0.25, -0.2) is 0 Å². The van der Waals surface area contributed by atoms with Gasteiger partial charge in [-0.05, 0) is 17.7 Å².